The van der Waals surface area contributed by atoms with Gasteiger partial charge in [0.2, 0.25) is 5.12 Å². The van der Waals surface area contributed by atoms with Crippen LogP contribution in [0.2, 0.25) is 0 Å². The molecule has 0 saturated carbocycles. The molecule has 3 heterocycles. The number of rotatable bonds is 5. The summed E-state index contributed by atoms with van der Waals surface area (Å²) in [6, 6.07) is 33.6. The van der Waals surface area contributed by atoms with E-state index in [4.69, 9.17) is 4.99 Å². The van der Waals surface area contributed by atoms with Gasteiger partial charge < -0.3 is 4.90 Å². The van der Waals surface area contributed by atoms with Crippen LogP contribution in [-0.2, 0) is 10.5 Å². The molecule has 1 spiro atoms. The molecule has 4 atom stereocenters. The first-order valence-electron chi connectivity index (χ1n) is 13.3. The van der Waals surface area contributed by atoms with Crippen LogP contribution >= 0.6 is 51.2 Å². The lowest BCUT2D eigenvalue weighted by atomic mass is 9.77. The number of ketones is 1. The van der Waals surface area contributed by atoms with E-state index < -0.39 is 17.5 Å². The van der Waals surface area contributed by atoms with Crippen molar-refractivity contribution >= 4 is 72.2 Å². The Morgan fingerprint density at radius 1 is 0.951 bits per heavy atom. The molecular weight excluding hydrogens is 632 g/mol. The maximum Gasteiger partial charge on any atom is 0.227 e. The van der Waals surface area contributed by atoms with Gasteiger partial charge in [0.15, 0.2) is 11.3 Å². The zero-order valence-corrected chi connectivity index (χ0v) is 26.1. The number of para-hydroxylation sites is 1. The fourth-order valence-corrected chi connectivity index (χ4v) is 10.0. The Bertz CT molecular complexity index is 1680. The molecule has 7 rings (SSSR count). The van der Waals surface area contributed by atoms with Gasteiger partial charge in [0.1, 0.15) is 15.8 Å². The van der Waals surface area contributed by atoms with E-state index in [2.05, 4.69) is 76.3 Å². The van der Waals surface area contributed by atoms with Gasteiger partial charge in [-0.05, 0) is 54.1 Å². The highest BCUT2D eigenvalue weighted by molar-refractivity contribution is 9.10. The topological polar surface area (TPSA) is 49.7 Å². The Balaban J connectivity index is 1.39. The van der Waals surface area contributed by atoms with Crippen molar-refractivity contribution in [2.24, 2.45) is 4.99 Å². The molecule has 41 heavy (non-hydrogen) atoms. The molecule has 0 unspecified atom stereocenters. The normalized spacial score (nSPS) is 24.4. The van der Waals surface area contributed by atoms with E-state index in [1.807, 2.05) is 54.6 Å². The second kappa shape index (κ2) is 10.8. The van der Waals surface area contributed by atoms with Crippen molar-refractivity contribution < 1.29 is 9.59 Å². The van der Waals surface area contributed by atoms with E-state index in [9.17, 15) is 9.59 Å². The summed E-state index contributed by atoms with van der Waals surface area (Å²) >= 11 is 8.00. The summed E-state index contributed by atoms with van der Waals surface area (Å²) in [6.45, 7) is 2.05. The highest BCUT2D eigenvalue weighted by Gasteiger charge is 2.70. The molecule has 0 aliphatic carbocycles. The van der Waals surface area contributed by atoms with E-state index in [0.717, 1.165) is 36.3 Å². The third-order valence-electron chi connectivity index (χ3n) is 7.92. The zero-order valence-electron chi connectivity index (χ0n) is 22.1. The van der Waals surface area contributed by atoms with Gasteiger partial charge in [-0.3, -0.25) is 14.6 Å². The molecule has 4 nitrogen and oxygen atoms in total. The van der Waals surface area contributed by atoms with Gasteiger partial charge in [0.05, 0.1) is 5.69 Å². The van der Waals surface area contributed by atoms with Crippen LogP contribution in [0, 0.1) is 6.92 Å². The summed E-state index contributed by atoms with van der Waals surface area (Å²) in [5, 5.41) is -0.314. The van der Waals surface area contributed by atoms with Crippen molar-refractivity contribution in [1.29, 1.82) is 0 Å². The molecule has 4 aromatic rings. The van der Waals surface area contributed by atoms with Crippen molar-refractivity contribution in [3.05, 3.63) is 130 Å². The lowest BCUT2D eigenvalue weighted by Crippen LogP contribution is -2.45. The van der Waals surface area contributed by atoms with E-state index in [-0.39, 0.29) is 16.3 Å². The number of fused-ring (bicyclic) bond motifs is 4. The maximum atomic E-state index is 14.6. The molecule has 3 aliphatic heterocycles. The predicted molar refractivity (Wildman–Crippen MR) is 175 cm³/mol. The number of nitrogens with zero attached hydrogens (tertiary/aromatic N) is 2. The van der Waals surface area contributed by atoms with Crippen molar-refractivity contribution in [3.8, 4) is 0 Å². The fraction of sp³-hybridized carbons (Fsp3) is 0.182. The van der Waals surface area contributed by atoms with Crippen molar-refractivity contribution in [2.45, 2.75) is 40.4 Å². The standard InChI is InChI=1S/C33H25BrN2O2S3/c1-20-11-13-22(14-12-20)27-28(29(37)23-15-17-24(34)18-16-23)36-25-9-5-6-10-26(25)40-30(36)33(27)31(38)41-32(35-33)39-19-21-7-3-2-4-8-21/h2-18,27-28,30H,19H2,1H3/t27-,28+,30-,33-/m1/s1. The van der Waals surface area contributed by atoms with Crippen LogP contribution in [0.1, 0.15) is 33.0 Å². The molecule has 0 radical (unpaired) electrons. The van der Waals surface area contributed by atoms with Gasteiger partial charge in [-0.2, -0.15) is 0 Å². The monoisotopic (exact) mass is 656 g/mol. The zero-order chi connectivity index (χ0) is 28.1. The summed E-state index contributed by atoms with van der Waals surface area (Å²) in [5.74, 6) is 0.286. The molecule has 1 saturated heterocycles. The SMILES string of the molecule is Cc1ccc([C@@H]2[C@@H](C(=O)c3ccc(Br)cc3)N3c4ccccc4S[C@@H]3[C@]23N=C(SCc2ccccc2)SC3=O)cc1. The number of benzene rings is 4. The third kappa shape index (κ3) is 4.60. The Morgan fingerprint density at radius 3 is 2.41 bits per heavy atom. The first-order valence-corrected chi connectivity index (χ1v) is 16.8. The van der Waals surface area contributed by atoms with Crippen molar-refractivity contribution in [3.63, 3.8) is 0 Å². The van der Waals surface area contributed by atoms with Gasteiger partial charge in [-0.25, -0.2) is 0 Å². The molecular formula is C33H25BrN2O2S3. The van der Waals surface area contributed by atoms with E-state index in [0.29, 0.717) is 5.56 Å². The minimum Gasteiger partial charge on any atom is -0.344 e. The number of hydrogen-bond acceptors (Lipinski definition) is 7. The van der Waals surface area contributed by atoms with Gasteiger partial charge in [-0.1, -0.05) is 124 Å². The Labute approximate surface area is 260 Å². The van der Waals surface area contributed by atoms with Crippen molar-refractivity contribution in [1.82, 2.24) is 0 Å². The second-order valence-corrected chi connectivity index (χ2v) is 14.6. The Hall–Kier alpha value is -2.78. The summed E-state index contributed by atoms with van der Waals surface area (Å²) in [5.41, 5.74) is 3.78. The predicted octanol–water partition coefficient (Wildman–Crippen LogP) is 8.35. The number of Topliss-reactive ketones (excluding diaryl/α,β-unsaturated/α-hetero) is 1. The third-order valence-corrected chi connectivity index (χ3v) is 12.1. The summed E-state index contributed by atoms with van der Waals surface area (Å²) < 4.78 is 1.68. The number of anilines is 1. The highest BCUT2D eigenvalue weighted by atomic mass is 79.9. The van der Waals surface area contributed by atoms with Gasteiger partial charge in [0, 0.05) is 26.6 Å². The van der Waals surface area contributed by atoms with Crippen LogP contribution in [0.15, 0.2) is 117 Å². The van der Waals surface area contributed by atoms with Crippen LogP contribution < -0.4 is 4.90 Å². The number of aryl methyl sites for hydroxylation is 1. The second-order valence-electron chi connectivity index (χ2n) is 10.4. The quantitative estimate of drug-likeness (QED) is 0.201. The number of hydrogen-bond donors (Lipinski definition) is 0. The summed E-state index contributed by atoms with van der Waals surface area (Å²) in [4.78, 5) is 37.6. The Morgan fingerprint density at radius 2 is 1.66 bits per heavy atom. The fourth-order valence-electron chi connectivity index (χ4n) is 6.01. The number of carbonyl (C=O) groups excluding carboxylic acids is 2. The van der Waals surface area contributed by atoms with Crippen LogP contribution in [0.25, 0.3) is 0 Å². The van der Waals surface area contributed by atoms with Gasteiger partial charge in [-0.15, -0.1) is 0 Å². The van der Waals surface area contributed by atoms with Gasteiger partial charge in [0.25, 0.3) is 0 Å². The number of thioether (sulfide) groups is 3. The molecule has 1 fully saturated rings. The van der Waals surface area contributed by atoms with Crippen LogP contribution in [0.5, 0.6) is 0 Å². The summed E-state index contributed by atoms with van der Waals surface area (Å²) in [7, 11) is 0. The molecule has 3 aliphatic rings. The Kier molecular flexibility index (Phi) is 7.14. The molecule has 0 amide bonds. The van der Waals surface area contributed by atoms with Crippen LogP contribution in [0.3, 0.4) is 0 Å². The first kappa shape index (κ1) is 27.1. The van der Waals surface area contributed by atoms with E-state index in [1.165, 1.54) is 17.3 Å². The molecule has 0 bridgehead atoms. The smallest absolute Gasteiger partial charge is 0.227 e. The van der Waals surface area contributed by atoms with E-state index >= 15 is 0 Å². The largest absolute Gasteiger partial charge is 0.344 e. The maximum absolute atomic E-state index is 14.6. The molecule has 0 aromatic heterocycles. The number of aliphatic imine (C=N–C) groups is 1. The molecule has 204 valence electrons. The highest BCUT2D eigenvalue weighted by Crippen LogP contribution is 2.63. The minimum atomic E-state index is -1.11. The minimum absolute atomic E-state index is 0.000594. The number of halogens is 1. The average molecular weight is 658 g/mol. The van der Waals surface area contributed by atoms with Crippen molar-refractivity contribution in [2.75, 3.05) is 4.90 Å². The molecule has 4 aromatic carbocycles. The van der Waals surface area contributed by atoms with E-state index in [1.54, 1.807) is 23.5 Å². The number of carbonyl (C=O) groups is 2. The average Bonchev–Trinajstić information content (AvgIpc) is 3.62. The lowest BCUT2D eigenvalue weighted by Gasteiger charge is -2.30. The molecule has 8 heteroatoms. The summed E-state index contributed by atoms with van der Waals surface area (Å²) in [6.07, 6.45) is 0. The van der Waals surface area contributed by atoms with Crippen LogP contribution in [-0.4, -0.2) is 32.2 Å². The van der Waals surface area contributed by atoms with Crippen LogP contribution in [0.4, 0.5) is 5.69 Å². The lowest BCUT2D eigenvalue weighted by molar-refractivity contribution is -0.115. The van der Waals surface area contributed by atoms with Gasteiger partial charge >= 0.3 is 0 Å². The molecule has 0 N–H and O–H groups in total. The first-order chi connectivity index (χ1) is 20.0.